The Labute approximate surface area is 112 Å². The number of nitrogens with one attached hydrogen (secondary N) is 1. The van der Waals surface area contributed by atoms with Crippen molar-refractivity contribution in [1.29, 1.82) is 0 Å². The molecular weight excluding hydrogens is 242 g/mol. The van der Waals surface area contributed by atoms with Crippen LogP contribution in [0.5, 0.6) is 0 Å². The van der Waals surface area contributed by atoms with Crippen LogP contribution in [0.4, 0.5) is 5.69 Å². The molecule has 0 bridgehead atoms. The predicted molar refractivity (Wildman–Crippen MR) is 70.5 cm³/mol. The summed E-state index contributed by atoms with van der Waals surface area (Å²) in [4.78, 5) is 22.9. The molecule has 0 aromatic heterocycles. The number of hydrogen-bond donors (Lipinski definition) is 1. The number of para-hydroxylation sites is 1. The number of carboxylic acid groups (broad SMARTS) is 1. The Morgan fingerprint density at radius 3 is 2.89 bits per heavy atom. The molecule has 0 saturated heterocycles. The second-order valence-corrected chi connectivity index (χ2v) is 4.80. The lowest BCUT2D eigenvalue weighted by molar-refractivity contribution is -0.254. The predicted octanol–water partition coefficient (Wildman–Crippen LogP) is 1.73. The maximum absolute atomic E-state index is 11.9. The smallest absolute Gasteiger partial charge is 0.163 e. The molecule has 1 fully saturated rings. The topological polar surface area (TPSA) is 69.2 Å². The Morgan fingerprint density at radius 1 is 1.42 bits per heavy atom. The molecule has 1 atom stereocenters. The zero-order valence-corrected chi connectivity index (χ0v) is 10.8. The average molecular weight is 258 g/mol. The first-order valence-corrected chi connectivity index (χ1v) is 6.39. The molecule has 4 nitrogen and oxygen atoms in total. The number of Topliss-reactive ketones (excluding diaryl/α,β-unsaturated/α-hetero) is 1. The first-order valence-electron chi connectivity index (χ1n) is 6.39. The van der Waals surface area contributed by atoms with E-state index < -0.39 is 5.97 Å². The molecule has 0 aliphatic heterocycles. The van der Waals surface area contributed by atoms with Crippen LogP contribution in [0.15, 0.2) is 36.0 Å². The normalized spacial score (nSPS) is 21.4. The van der Waals surface area contributed by atoms with Crippen molar-refractivity contribution in [3.8, 4) is 0 Å². The second kappa shape index (κ2) is 5.69. The van der Waals surface area contributed by atoms with Gasteiger partial charge < -0.3 is 15.2 Å². The number of carboxylic acids is 1. The summed E-state index contributed by atoms with van der Waals surface area (Å²) in [5, 5.41) is 13.9. The lowest BCUT2D eigenvalue weighted by Crippen LogP contribution is -2.23. The number of allylic oxidation sites excluding steroid dienone is 1. The maximum Gasteiger partial charge on any atom is 0.163 e. The van der Waals surface area contributed by atoms with Gasteiger partial charge in [-0.1, -0.05) is 25.1 Å². The number of hydrogen-bond acceptors (Lipinski definition) is 4. The Morgan fingerprint density at radius 2 is 2.16 bits per heavy atom. The van der Waals surface area contributed by atoms with Crippen LogP contribution in [-0.2, 0) is 4.79 Å². The number of benzene rings is 1. The minimum atomic E-state index is -1.23. The second-order valence-electron chi connectivity index (χ2n) is 4.80. The summed E-state index contributed by atoms with van der Waals surface area (Å²) in [6.07, 6.45) is 4.28. The summed E-state index contributed by atoms with van der Waals surface area (Å²) in [6.45, 7) is 1.92. The van der Waals surface area contributed by atoms with Crippen LogP contribution < -0.4 is 10.4 Å². The third-order valence-electron chi connectivity index (χ3n) is 3.40. The van der Waals surface area contributed by atoms with Gasteiger partial charge in [-0.3, -0.25) is 4.79 Å². The van der Waals surface area contributed by atoms with Crippen molar-refractivity contribution in [1.82, 2.24) is 0 Å². The van der Waals surface area contributed by atoms with E-state index in [0.717, 1.165) is 24.8 Å². The van der Waals surface area contributed by atoms with Crippen molar-refractivity contribution in [2.75, 3.05) is 5.32 Å². The highest BCUT2D eigenvalue weighted by Gasteiger charge is 2.22. The van der Waals surface area contributed by atoms with Crippen molar-refractivity contribution in [3.05, 3.63) is 41.6 Å². The molecule has 1 aromatic rings. The van der Waals surface area contributed by atoms with Gasteiger partial charge in [-0.15, -0.1) is 0 Å². The van der Waals surface area contributed by atoms with Gasteiger partial charge in [-0.25, -0.2) is 0 Å². The van der Waals surface area contributed by atoms with Crippen LogP contribution in [0.1, 0.15) is 36.5 Å². The molecule has 19 heavy (non-hydrogen) atoms. The molecule has 0 heterocycles. The van der Waals surface area contributed by atoms with Crippen LogP contribution in [0.3, 0.4) is 0 Å². The summed E-state index contributed by atoms with van der Waals surface area (Å²) in [7, 11) is 0. The molecule has 1 saturated carbocycles. The molecule has 1 aliphatic rings. The molecule has 1 aromatic carbocycles. The Bertz CT molecular complexity index is 534. The number of ketones is 1. The fourth-order valence-corrected chi connectivity index (χ4v) is 2.26. The van der Waals surface area contributed by atoms with Gasteiger partial charge in [-0.05, 0) is 25.3 Å². The first kappa shape index (κ1) is 13.3. The summed E-state index contributed by atoms with van der Waals surface area (Å²) in [5.74, 6) is -1.03. The van der Waals surface area contributed by atoms with Gasteiger partial charge in [-0.2, -0.15) is 0 Å². The van der Waals surface area contributed by atoms with Crippen molar-refractivity contribution < 1.29 is 14.7 Å². The van der Waals surface area contributed by atoms with Crippen molar-refractivity contribution in [2.45, 2.75) is 26.2 Å². The fraction of sp³-hybridized carbons (Fsp3) is 0.333. The minimum absolute atomic E-state index is 0.0539. The van der Waals surface area contributed by atoms with Gasteiger partial charge in [0.2, 0.25) is 0 Å². The highest BCUT2D eigenvalue weighted by molar-refractivity contribution is 5.98. The molecule has 100 valence electrons. The van der Waals surface area contributed by atoms with Gasteiger partial charge in [0, 0.05) is 28.9 Å². The molecule has 0 amide bonds. The van der Waals surface area contributed by atoms with E-state index in [4.69, 9.17) is 0 Å². The molecule has 4 heteroatoms. The van der Waals surface area contributed by atoms with E-state index in [0.29, 0.717) is 5.69 Å². The lowest BCUT2D eigenvalue weighted by atomic mass is 9.86. The largest absolute Gasteiger partial charge is 0.545 e. The highest BCUT2D eigenvalue weighted by Crippen LogP contribution is 2.25. The van der Waals surface area contributed by atoms with E-state index in [2.05, 4.69) is 5.32 Å². The van der Waals surface area contributed by atoms with E-state index in [1.807, 2.05) is 6.92 Å². The number of carbonyl (C=O) groups excluding carboxylic acids is 2. The van der Waals surface area contributed by atoms with Crippen LogP contribution in [0, 0.1) is 5.92 Å². The molecule has 0 spiro atoms. The van der Waals surface area contributed by atoms with Gasteiger partial charge in [0.1, 0.15) is 0 Å². The summed E-state index contributed by atoms with van der Waals surface area (Å²) >= 11 is 0. The highest BCUT2D eigenvalue weighted by atomic mass is 16.4. The molecule has 0 unspecified atom stereocenters. The Hall–Kier alpha value is -2.10. The quantitative estimate of drug-likeness (QED) is 0.838. The molecule has 2 rings (SSSR count). The SMILES string of the molecule is C[C@H]1CCC/C(=C\Nc2ccccc2C(=O)[O-])C1=O. The minimum Gasteiger partial charge on any atom is -0.545 e. The fourth-order valence-electron chi connectivity index (χ4n) is 2.26. The van der Waals surface area contributed by atoms with Gasteiger partial charge >= 0.3 is 0 Å². The van der Waals surface area contributed by atoms with Gasteiger partial charge in [0.05, 0.1) is 5.97 Å². The molecule has 1 aliphatic carbocycles. The number of rotatable bonds is 3. The molecular formula is C15H16NO3-. The Balaban J connectivity index is 2.18. The molecule has 0 radical (unpaired) electrons. The summed E-state index contributed by atoms with van der Waals surface area (Å²) in [5.41, 5.74) is 1.27. The number of aromatic carboxylic acids is 1. The van der Waals surface area contributed by atoms with Crippen LogP contribution in [-0.4, -0.2) is 11.8 Å². The van der Waals surface area contributed by atoms with Crippen LogP contribution in [0.2, 0.25) is 0 Å². The van der Waals surface area contributed by atoms with E-state index in [1.165, 1.54) is 6.07 Å². The zero-order valence-electron chi connectivity index (χ0n) is 10.8. The number of anilines is 1. The van der Waals surface area contributed by atoms with Gasteiger partial charge in [0.25, 0.3) is 0 Å². The number of carbonyl (C=O) groups is 2. The lowest BCUT2D eigenvalue weighted by Gasteiger charge is -2.19. The van der Waals surface area contributed by atoms with Crippen molar-refractivity contribution in [3.63, 3.8) is 0 Å². The third kappa shape index (κ3) is 3.02. The standard InChI is InChI=1S/C15H17NO3/c1-10-5-4-6-11(14(10)17)9-16-13-8-3-2-7-12(13)15(18)19/h2-3,7-10,16H,4-6H2,1H3,(H,18,19)/p-1/b11-9+/t10-/m0/s1. The van der Waals surface area contributed by atoms with E-state index in [1.54, 1.807) is 24.4 Å². The monoisotopic (exact) mass is 258 g/mol. The first-order chi connectivity index (χ1) is 9.09. The third-order valence-corrected chi connectivity index (χ3v) is 3.40. The zero-order chi connectivity index (χ0) is 13.8. The van der Waals surface area contributed by atoms with E-state index in [-0.39, 0.29) is 17.3 Å². The van der Waals surface area contributed by atoms with Crippen molar-refractivity contribution in [2.24, 2.45) is 5.92 Å². The maximum atomic E-state index is 11.9. The summed E-state index contributed by atoms with van der Waals surface area (Å²) in [6, 6.07) is 6.50. The summed E-state index contributed by atoms with van der Waals surface area (Å²) < 4.78 is 0. The Kier molecular flexibility index (Phi) is 4.00. The van der Waals surface area contributed by atoms with Crippen LogP contribution in [0.25, 0.3) is 0 Å². The van der Waals surface area contributed by atoms with E-state index >= 15 is 0 Å². The molecule has 1 N–H and O–H groups in total. The van der Waals surface area contributed by atoms with Gasteiger partial charge in [0.15, 0.2) is 5.78 Å². The van der Waals surface area contributed by atoms with Crippen molar-refractivity contribution >= 4 is 17.4 Å². The average Bonchev–Trinajstić information content (AvgIpc) is 2.40. The van der Waals surface area contributed by atoms with Crippen LogP contribution >= 0.6 is 0 Å². The van der Waals surface area contributed by atoms with E-state index in [9.17, 15) is 14.7 Å².